The number of halogens is 1. The Labute approximate surface area is 181 Å². The van der Waals surface area contributed by atoms with E-state index in [1.54, 1.807) is 17.3 Å². The molecule has 31 heavy (non-hydrogen) atoms. The van der Waals surface area contributed by atoms with Crippen molar-refractivity contribution in [2.75, 3.05) is 6.54 Å². The maximum absolute atomic E-state index is 13.6. The van der Waals surface area contributed by atoms with Gasteiger partial charge >= 0.3 is 0 Å². The van der Waals surface area contributed by atoms with Crippen molar-refractivity contribution in [3.8, 4) is 17.2 Å². The molecule has 10 nitrogen and oxygen atoms in total. The molecule has 1 aliphatic rings. The molecule has 0 radical (unpaired) electrons. The molecule has 1 aromatic carbocycles. The third kappa shape index (κ3) is 3.55. The number of hydrogen-bond donors (Lipinski definition) is 0. The minimum absolute atomic E-state index is 0.143. The van der Waals surface area contributed by atoms with E-state index in [-0.39, 0.29) is 22.9 Å². The summed E-state index contributed by atoms with van der Waals surface area (Å²) in [5.74, 6) is 0.439. The van der Waals surface area contributed by atoms with Gasteiger partial charge in [0.2, 0.25) is 11.7 Å². The topological polar surface area (TPSA) is 116 Å². The van der Waals surface area contributed by atoms with Crippen molar-refractivity contribution in [3.05, 3.63) is 65.2 Å². The number of hydrogen-bond acceptors (Lipinski definition) is 8. The highest BCUT2D eigenvalue weighted by molar-refractivity contribution is 6.31. The first-order valence-electron chi connectivity index (χ1n) is 9.70. The Hall–Kier alpha value is -3.66. The summed E-state index contributed by atoms with van der Waals surface area (Å²) in [4.78, 5) is 29.3. The Balaban J connectivity index is 1.48. The van der Waals surface area contributed by atoms with Crippen LogP contribution in [0.25, 0.3) is 17.2 Å². The number of benzene rings is 1. The van der Waals surface area contributed by atoms with Gasteiger partial charge in [0, 0.05) is 18.9 Å². The average molecular weight is 437 g/mol. The minimum atomic E-state index is -0.344. The van der Waals surface area contributed by atoms with Gasteiger partial charge in [-0.05, 0) is 31.9 Å². The number of aromatic nitrogens is 7. The molecular formula is C20H17ClN8O2. The largest absolute Gasteiger partial charge is 0.337 e. The summed E-state index contributed by atoms with van der Waals surface area (Å²) in [5, 5.41) is 12.5. The monoisotopic (exact) mass is 436 g/mol. The quantitative estimate of drug-likeness (QED) is 0.479. The first-order chi connectivity index (χ1) is 15.1. The number of likely N-dealkylation sites (tertiary alicyclic amines) is 1. The van der Waals surface area contributed by atoms with Crippen LogP contribution in [0.4, 0.5) is 0 Å². The summed E-state index contributed by atoms with van der Waals surface area (Å²) >= 11 is 6.09. The fraction of sp³-hybridized carbons (Fsp3) is 0.250. The smallest absolute Gasteiger partial charge is 0.256 e. The molecule has 1 unspecified atom stereocenters. The van der Waals surface area contributed by atoms with Gasteiger partial charge in [0.25, 0.3) is 5.91 Å². The molecule has 156 valence electrons. The van der Waals surface area contributed by atoms with Gasteiger partial charge in [0.15, 0.2) is 5.15 Å². The molecule has 0 bridgehead atoms. The van der Waals surface area contributed by atoms with Gasteiger partial charge in [0.1, 0.15) is 11.7 Å². The van der Waals surface area contributed by atoms with Gasteiger partial charge in [-0.15, -0.1) is 0 Å². The average Bonchev–Trinajstić information content (AvgIpc) is 3.54. The lowest BCUT2D eigenvalue weighted by Crippen LogP contribution is -2.31. The lowest BCUT2D eigenvalue weighted by atomic mass is 10.1. The van der Waals surface area contributed by atoms with Crippen LogP contribution in [-0.4, -0.2) is 52.5 Å². The highest BCUT2D eigenvalue weighted by Gasteiger charge is 2.36. The zero-order valence-corrected chi connectivity index (χ0v) is 17.3. The van der Waals surface area contributed by atoms with E-state index in [0.717, 1.165) is 12.0 Å². The van der Waals surface area contributed by atoms with Crippen molar-refractivity contribution < 1.29 is 9.32 Å². The van der Waals surface area contributed by atoms with Crippen LogP contribution in [0, 0.1) is 6.92 Å². The van der Waals surface area contributed by atoms with Gasteiger partial charge in [-0.2, -0.15) is 20.0 Å². The van der Waals surface area contributed by atoms with Crippen LogP contribution >= 0.6 is 11.6 Å². The van der Waals surface area contributed by atoms with Crippen LogP contribution < -0.4 is 0 Å². The molecule has 0 aliphatic carbocycles. The predicted octanol–water partition coefficient (Wildman–Crippen LogP) is 3.05. The van der Waals surface area contributed by atoms with Crippen molar-refractivity contribution in [1.29, 1.82) is 0 Å². The van der Waals surface area contributed by atoms with Gasteiger partial charge in [0.05, 0.1) is 23.6 Å². The van der Waals surface area contributed by atoms with Gasteiger partial charge < -0.3 is 9.42 Å². The van der Waals surface area contributed by atoms with E-state index in [1.165, 1.54) is 17.2 Å². The molecule has 1 saturated heterocycles. The standard InChI is InChI=1S/C20H17ClN8O2/c1-12-4-5-14(29-24-8-9-25-29)13(11-12)20(30)28-10-2-3-15(28)19-26-18(27-31-19)16-17(21)23-7-6-22-16/h4-9,11,15H,2-3,10H2,1H3. The summed E-state index contributed by atoms with van der Waals surface area (Å²) in [7, 11) is 0. The molecule has 3 aromatic heterocycles. The first-order valence-corrected chi connectivity index (χ1v) is 10.1. The number of carbonyl (C=O) groups is 1. The van der Waals surface area contributed by atoms with E-state index in [2.05, 4.69) is 30.3 Å². The molecule has 4 heterocycles. The molecule has 1 fully saturated rings. The molecule has 4 aromatic rings. The summed E-state index contributed by atoms with van der Waals surface area (Å²) < 4.78 is 5.49. The zero-order chi connectivity index (χ0) is 21.4. The van der Waals surface area contributed by atoms with E-state index in [4.69, 9.17) is 16.1 Å². The Bertz CT molecular complexity index is 1240. The molecule has 0 N–H and O–H groups in total. The Kier molecular flexibility index (Phi) is 4.91. The number of nitrogens with zero attached hydrogens (tertiary/aromatic N) is 8. The maximum atomic E-state index is 13.6. The molecule has 1 amide bonds. The van der Waals surface area contributed by atoms with Crippen LogP contribution in [0.5, 0.6) is 0 Å². The zero-order valence-electron chi connectivity index (χ0n) is 16.5. The van der Waals surface area contributed by atoms with Gasteiger partial charge in [-0.1, -0.05) is 28.4 Å². The fourth-order valence-corrected chi connectivity index (χ4v) is 3.88. The molecular weight excluding hydrogens is 420 g/mol. The highest BCUT2D eigenvalue weighted by Crippen LogP contribution is 2.34. The van der Waals surface area contributed by atoms with Crippen molar-refractivity contribution in [1.82, 2.24) is 40.0 Å². The van der Waals surface area contributed by atoms with Crippen LogP contribution in [0.3, 0.4) is 0 Å². The second-order valence-electron chi connectivity index (χ2n) is 7.15. The van der Waals surface area contributed by atoms with Crippen LogP contribution in [0.2, 0.25) is 5.15 Å². The third-order valence-electron chi connectivity index (χ3n) is 5.12. The van der Waals surface area contributed by atoms with E-state index in [0.29, 0.717) is 35.8 Å². The van der Waals surface area contributed by atoms with Crippen molar-refractivity contribution in [2.24, 2.45) is 0 Å². The van der Waals surface area contributed by atoms with Crippen LogP contribution in [0.15, 0.2) is 47.5 Å². The normalized spacial score (nSPS) is 16.1. The van der Waals surface area contributed by atoms with Crippen LogP contribution in [-0.2, 0) is 0 Å². The molecule has 0 spiro atoms. The number of rotatable bonds is 4. The summed E-state index contributed by atoms with van der Waals surface area (Å²) in [5.41, 5.74) is 2.43. The van der Waals surface area contributed by atoms with Crippen LogP contribution in [0.1, 0.15) is 40.7 Å². The third-order valence-corrected chi connectivity index (χ3v) is 5.40. The Morgan fingerprint density at radius 3 is 2.77 bits per heavy atom. The summed E-state index contributed by atoms with van der Waals surface area (Å²) in [6.45, 7) is 2.51. The molecule has 1 atom stereocenters. The number of aryl methyl sites for hydroxylation is 1. The first kappa shape index (κ1) is 19.3. The lowest BCUT2D eigenvalue weighted by Gasteiger charge is -2.23. The molecule has 11 heteroatoms. The summed E-state index contributed by atoms with van der Waals surface area (Å²) in [6, 6.07) is 5.26. The Morgan fingerprint density at radius 2 is 1.97 bits per heavy atom. The van der Waals surface area contributed by atoms with E-state index in [1.807, 2.05) is 25.1 Å². The fourth-order valence-electron chi connectivity index (χ4n) is 3.69. The minimum Gasteiger partial charge on any atom is -0.337 e. The van der Waals surface area contributed by atoms with E-state index < -0.39 is 0 Å². The van der Waals surface area contributed by atoms with Crippen molar-refractivity contribution in [3.63, 3.8) is 0 Å². The molecule has 1 aliphatic heterocycles. The SMILES string of the molecule is Cc1ccc(-n2nccn2)c(C(=O)N2CCCC2c2nc(-c3nccnc3Cl)no2)c1. The summed E-state index contributed by atoms with van der Waals surface area (Å²) in [6.07, 6.45) is 7.67. The van der Waals surface area contributed by atoms with Gasteiger partial charge in [-0.3, -0.25) is 4.79 Å². The second kappa shape index (κ2) is 7.88. The highest BCUT2D eigenvalue weighted by atomic mass is 35.5. The molecule has 5 rings (SSSR count). The van der Waals surface area contributed by atoms with Gasteiger partial charge in [-0.25, -0.2) is 9.97 Å². The Morgan fingerprint density at radius 1 is 1.16 bits per heavy atom. The van der Waals surface area contributed by atoms with E-state index in [9.17, 15) is 4.79 Å². The van der Waals surface area contributed by atoms with E-state index >= 15 is 0 Å². The second-order valence-corrected chi connectivity index (χ2v) is 7.51. The number of amides is 1. The number of carbonyl (C=O) groups excluding carboxylic acids is 1. The maximum Gasteiger partial charge on any atom is 0.256 e. The predicted molar refractivity (Wildman–Crippen MR) is 109 cm³/mol. The lowest BCUT2D eigenvalue weighted by molar-refractivity contribution is 0.0709. The van der Waals surface area contributed by atoms with Crippen molar-refractivity contribution >= 4 is 17.5 Å². The van der Waals surface area contributed by atoms with Crippen molar-refractivity contribution in [2.45, 2.75) is 25.8 Å². The molecule has 0 saturated carbocycles.